The average Bonchev–Trinajstić information content (AvgIpc) is 2.90. The van der Waals surface area contributed by atoms with Gasteiger partial charge in [0.15, 0.2) is 11.6 Å². The Hall–Kier alpha value is -1.98. The molecule has 0 saturated carbocycles. The van der Waals surface area contributed by atoms with E-state index in [9.17, 15) is 23.5 Å². The number of nitrogens with zero attached hydrogens (tertiary/aromatic N) is 1. The fourth-order valence-electron chi connectivity index (χ4n) is 2.66. The van der Waals surface area contributed by atoms with E-state index in [0.29, 0.717) is 19.4 Å². The molecule has 1 unspecified atom stereocenters. The Bertz CT molecular complexity index is 576. The monoisotopic (exact) mass is 297 g/mol. The number of carbonyl (C=O) groups is 2. The van der Waals surface area contributed by atoms with Crippen LogP contribution >= 0.6 is 0 Å². The van der Waals surface area contributed by atoms with Crippen molar-refractivity contribution < 1.29 is 23.5 Å². The van der Waals surface area contributed by atoms with Gasteiger partial charge in [-0.15, -0.1) is 0 Å². The van der Waals surface area contributed by atoms with Crippen molar-refractivity contribution in [1.82, 2.24) is 4.90 Å². The van der Waals surface area contributed by atoms with Gasteiger partial charge in [0.1, 0.15) is 0 Å². The maximum Gasteiger partial charge on any atom is 0.311 e. The molecule has 21 heavy (non-hydrogen) atoms. The molecule has 2 rings (SSSR count). The molecule has 1 heterocycles. The Morgan fingerprint density at radius 2 is 2.10 bits per heavy atom. The molecule has 0 aromatic heterocycles. The molecule has 114 valence electrons. The molecule has 0 aliphatic carbocycles. The first-order chi connectivity index (χ1) is 9.89. The van der Waals surface area contributed by atoms with E-state index in [1.807, 2.05) is 0 Å². The lowest BCUT2D eigenvalue weighted by molar-refractivity contribution is -0.148. The van der Waals surface area contributed by atoms with Gasteiger partial charge in [-0.1, -0.05) is 19.1 Å². The zero-order valence-electron chi connectivity index (χ0n) is 11.7. The number of benzene rings is 1. The number of likely N-dealkylation sites (tertiary alicyclic amines) is 1. The fourth-order valence-corrected chi connectivity index (χ4v) is 2.66. The van der Waals surface area contributed by atoms with Crippen LogP contribution in [0.25, 0.3) is 0 Å². The van der Waals surface area contributed by atoms with Crippen LogP contribution in [-0.2, 0) is 16.0 Å². The van der Waals surface area contributed by atoms with Gasteiger partial charge in [0, 0.05) is 18.7 Å². The summed E-state index contributed by atoms with van der Waals surface area (Å²) < 4.78 is 26.7. The normalized spacial score (nSPS) is 21.6. The highest BCUT2D eigenvalue weighted by atomic mass is 19.2. The molecule has 0 spiro atoms. The number of hydrogen-bond acceptors (Lipinski definition) is 2. The third-order valence-electron chi connectivity index (χ3n) is 4.21. The Labute approximate surface area is 121 Å². The second-order valence-corrected chi connectivity index (χ2v) is 5.39. The van der Waals surface area contributed by atoms with E-state index in [4.69, 9.17) is 0 Å². The minimum absolute atomic E-state index is 0.00989. The van der Waals surface area contributed by atoms with E-state index in [0.717, 1.165) is 6.07 Å². The van der Waals surface area contributed by atoms with Crippen LogP contribution in [0, 0.1) is 17.0 Å². The van der Waals surface area contributed by atoms with Crippen LogP contribution in [0.2, 0.25) is 0 Å². The highest BCUT2D eigenvalue weighted by molar-refractivity contribution is 5.82. The number of hydrogen-bond donors (Lipinski definition) is 1. The van der Waals surface area contributed by atoms with Crippen LogP contribution in [-0.4, -0.2) is 35.0 Å². The molecule has 1 saturated heterocycles. The van der Waals surface area contributed by atoms with Gasteiger partial charge in [0.05, 0.1) is 11.8 Å². The molecule has 1 aliphatic heterocycles. The average molecular weight is 297 g/mol. The molecule has 1 aliphatic rings. The van der Waals surface area contributed by atoms with Gasteiger partial charge < -0.3 is 10.0 Å². The third kappa shape index (κ3) is 2.89. The number of rotatable bonds is 4. The van der Waals surface area contributed by atoms with E-state index in [1.54, 1.807) is 6.92 Å². The maximum atomic E-state index is 13.6. The topological polar surface area (TPSA) is 57.6 Å². The van der Waals surface area contributed by atoms with E-state index in [2.05, 4.69) is 0 Å². The van der Waals surface area contributed by atoms with Gasteiger partial charge >= 0.3 is 5.97 Å². The number of carboxylic acids is 1. The SMILES string of the molecule is CCC1(C(=O)O)CCN(C(=O)Cc2cccc(F)c2F)C1. The van der Waals surface area contributed by atoms with Crippen LogP contribution in [0.15, 0.2) is 18.2 Å². The second-order valence-electron chi connectivity index (χ2n) is 5.39. The quantitative estimate of drug-likeness (QED) is 0.927. The van der Waals surface area contributed by atoms with Crippen molar-refractivity contribution in [3.63, 3.8) is 0 Å². The molecule has 0 radical (unpaired) electrons. The molecule has 1 N–H and O–H groups in total. The Morgan fingerprint density at radius 1 is 1.38 bits per heavy atom. The summed E-state index contributed by atoms with van der Waals surface area (Å²) in [6.07, 6.45) is 0.555. The van der Waals surface area contributed by atoms with Crippen LogP contribution in [0.4, 0.5) is 8.78 Å². The predicted molar refractivity (Wildman–Crippen MR) is 71.6 cm³/mol. The maximum absolute atomic E-state index is 13.6. The van der Waals surface area contributed by atoms with Crippen molar-refractivity contribution in [2.75, 3.05) is 13.1 Å². The highest BCUT2D eigenvalue weighted by Crippen LogP contribution is 2.34. The van der Waals surface area contributed by atoms with Crippen molar-refractivity contribution in [2.45, 2.75) is 26.2 Å². The number of halogens is 2. The molecule has 1 amide bonds. The summed E-state index contributed by atoms with van der Waals surface area (Å²) in [5.41, 5.74) is -0.930. The molecule has 6 heteroatoms. The molecule has 1 aromatic rings. The summed E-state index contributed by atoms with van der Waals surface area (Å²) in [7, 11) is 0. The Kier molecular flexibility index (Phi) is 4.25. The molecule has 1 atom stereocenters. The van der Waals surface area contributed by atoms with E-state index >= 15 is 0 Å². The van der Waals surface area contributed by atoms with Gasteiger partial charge in [0.2, 0.25) is 5.91 Å². The van der Waals surface area contributed by atoms with Crippen LogP contribution in [0.3, 0.4) is 0 Å². The Morgan fingerprint density at radius 3 is 2.67 bits per heavy atom. The van der Waals surface area contributed by atoms with Gasteiger partial charge in [-0.3, -0.25) is 9.59 Å². The molecular formula is C15H17F2NO3. The van der Waals surface area contributed by atoms with E-state index in [-0.39, 0.29) is 24.4 Å². The summed E-state index contributed by atoms with van der Waals surface area (Å²) in [5, 5.41) is 9.29. The van der Waals surface area contributed by atoms with Crippen LogP contribution in [0.1, 0.15) is 25.3 Å². The lowest BCUT2D eigenvalue weighted by Crippen LogP contribution is -2.37. The molecular weight excluding hydrogens is 280 g/mol. The molecule has 1 aromatic carbocycles. The van der Waals surface area contributed by atoms with Crippen molar-refractivity contribution in [3.8, 4) is 0 Å². The first-order valence-corrected chi connectivity index (χ1v) is 6.83. The van der Waals surface area contributed by atoms with Crippen molar-refractivity contribution >= 4 is 11.9 Å². The molecule has 0 bridgehead atoms. The van der Waals surface area contributed by atoms with E-state index in [1.165, 1.54) is 17.0 Å². The second kappa shape index (κ2) is 5.79. The third-order valence-corrected chi connectivity index (χ3v) is 4.21. The minimum atomic E-state index is -1.02. The minimum Gasteiger partial charge on any atom is -0.481 e. The lowest BCUT2D eigenvalue weighted by atomic mass is 9.84. The van der Waals surface area contributed by atoms with Gasteiger partial charge in [-0.25, -0.2) is 8.78 Å². The summed E-state index contributed by atoms with van der Waals surface area (Å²) in [5.74, 6) is -3.31. The zero-order valence-corrected chi connectivity index (χ0v) is 11.7. The highest BCUT2D eigenvalue weighted by Gasteiger charge is 2.44. The first-order valence-electron chi connectivity index (χ1n) is 6.83. The Balaban J connectivity index is 2.09. The number of carbonyl (C=O) groups excluding carboxylic acids is 1. The zero-order chi connectivity index (χ0) is 15.6. The summed E-state index contributed by atoms with van der Waals surface area (Å²) in [6, 6.07) is 3.70. The lowest BCUT2D eigenvalue weighted by Gasteiger charge is -2.23. The molecule has 4 nitrogen and oxygen atoms in total. The summed E-state index contributed by atoms with van der Waals surface area (Å²) in [6.45, 7) is 2.22. The van der Waals surface area contributed by atoms with Gasteiger partial charge in [-0.05, 0) is 18.9 Å². The smallest absolute Gasteiger partial charge is 0.311 e. The van der Waals surface area contributed by atoms with Gasteiger partial charge in [0.25, 0.3) is 0 Å². The largest absolute Gasteiger partial charge is 0.481 e. The van der Waals surface area contributed by atoms with Crippen molar-refractivity contribution in [3.05, 3.63) is 35.4 Å². The fraction of sp³-hybridized carbons (Fsp3) is 0.467. The predicted octanol–water partition coefficient (Wildman–Crippen LogP) is 2.22. The molecule has 1 fully saturated rings. The van der Waals surface area contributed by atoms with Gasteiger partial charge in [-0.2, -0.15) is 0 Å². The van der Waals surface area contributed by atoms with Crippen LogP contribution < -0.4 is 0 Å². The van der Waals surface area contributed by atoms with Crippen molar-refractivity contribution in [1.29, 1.82) is 0 Å². The first kappa shape index (κ1) is 15.4. The number of carboxylic acid groups (broad SMARTS) is 1. The summed E-state index contributed by atoms with van der Waals surface area (Å²) >= 11 is 0. The van der Waals surface area contributed by atoms with E-state index < -0.39 is 23.0 Å². The standard InChI is InChI=1S/C15H17F2NO3/c1-2-15(14(20)21)6-7-18(9-15)12(19)8-10-4-3-5-11(16)13(10)17/h3-5H,2,6-9H2,1H3,(H,20,21). The summed E-state index contributed by atoms with van der Waals surface area (Å²) in [4.78, 5) is 24.9. The van der Waals surface area contributed by atoms with Crippen LogP contribution in [0.5, 0.6) is 0 Å². The number of aliphatic carboxylic acids is 1. The van der Waals surface area contributed by atoms with Crippen molar-refractivity contribution in [2.24, 2.45) is 5.41 Å². The number of amides is 1.